The summed E-state index contributed by atoms with van der Waals surface area (Å²) in [6, 6.07) is 4.97. The molecule has 230 valence electrons. The van der Waals surface area contributed by atoms with Crippen molar-refractivity contribution in [2.45, 2.75) is 51.8 Å². The number of alkyl halides is 5. The topological polar surface area (TPSA) is 151 Å². The zero-order valence-corrected chi connectivity index (χ0v) is 30.9. The smallest absolute Gasteiger partial charge is 0.496 e. The number of fused-ring (bicyclic) bond motifs is 3. The largest absolute Gasteiger partial charge is 1.00 e. The van der Waals surface area contributed by atoms with Crippen LogP contribution in [0, 0.1) is 13.3 Å². The minimum atomic E-state index is -4.34. The SMILES string of the molecule is COC(=O)[C-](C)CC(F)(F)F.COc1cc2c(cc1/C(N)=N/N(C)N)-c1c(CC(C)(F)F)cc(C(N)=O)n1CC2.[CH3-].[Cs+]. The number of amidine groups is 1. The Balaban J connectivity index is 0.00000111. The van der Waals surface area contributed by atoms with E-state index in [-0.39, 0.29) is 93.8 Å². The Kier molecular flexibility index (Phi) is 15.5. The van der Waals surface area contributed by atoms with Crippen molar-refractivity contribution in [2.75, 3.05) is 21.3 Å². The molecule has 1 amide bonds. The van der Waals surface area contributed by atoms with Crippen molar-refractivity contribution in [1.29, 1.82) is 0 Å². The average Bonchev–Trinajstić information content (AvgIpc) is 3.18. The summed E-state index contributed by atoms with van der Waals surface area (Å²) in [6.07, 6.45) is -5.49. The Morgan fingerprint density at radius 2 is 1.74 bits per heavy atom. The van der Waals surface area contributed by atoms with Crippen LogP contribution in [0.25, 0.3) is 11.3 Å². The van der Waals surface area contributed by atoms with Gasteiger partial charge >= 0.3 is 75.1 Å². The van der Waals surface area contributed by atoms with Crippen LogP contribution in [0.4, 0.5) is 22.0 Å². The Hall–Kier alpha value is -1.96. The van der Waals surface area contributed by atoms with E-state index in [1.807, 2.05) is 0 Å². The molecule has 6 N–H and O–H groups in total. The van der Waals surface area contributed by atoms with Gasteiger partial charge in [-0.3, -0.25) is 15.5 Å². The number of hydrazone groups is 1. The summed E-state index contributed by atoms with van der Waals surface area (Å²) in [7, 11) is 4.07. The van der Waals surface area contributed by atoms with Crippen LogP contribution in [0.1, 0.15) is 47.4 Å². The summed E-state index contributed by atoms with van der Waals surface area (Å²) in [5.74, 6) is 1.28. The third-order valence-electron chi connectivity index (χ3n) is 5.76. The zero-order valence-electron chi connectivity index (χ0n) is 24.7. The fourth-order valence-corrected chi connectivity index (χ4v) is 4.25. The minimum absolute atomic E-state index is 0. The van der Waals surface area contributed by atoms with Crippen LogP contribution in [-0.4, -0.2) is 60.8 Å². The van der Waals surface area contributed by atoms with Gasteiger partial charge in [-0.05, 0) is 42.7 Å². The molecule has 3 rings (SSSR count). The van der Waals surface area contributed by atoms with Crippen molar-refractivity contribution < 1.29 is 110 Å². The molecule has 1 aliphatic rings. The number of carbonyl (C=O) groups excluding carboxylic acids is 2. The maximum absolute atomic E-state index is 13.8. The van der Waals surface area contributed by atoms with Crippen LogP contribution < -0.4 is 90.9 Å². The summed E-state index contributed by atoms with van der Waals surface area (Å²) < 4.78 is 73.6. The maximum atomic E-state index is 13.8. The Labute approximate surface area is 300 Å². The van der Waals surface area contributed by atoms with Crippen molar-refractivity contribution >= 4 is 17.7 Å². The van der Waals surface area contributed by atoms with E-state index >= 15 is 0 Å². The predicted octanol–water partition coefficient (Wildman–Crippen LogP) is 0.603. The molecule has 1 aliphatic heterocycles. The van der Waals surface area contributed by atoms with Crippen LogP contribution in [0.2, 0.25) is 0 Å². The number of aryl methyl sites for hydroxylation is 1. The van der Waals surface area contributed by atoms with Gasteiger partial charge in [0, 0.05) is 25.6 Å². The van der Waals surface area contributed by atoms with Gasteiger partial charge < -0.3 is 32.9 Å². The monoisotopic (exact) mass is 723 g/mol. The quantitative estimate of drug-likeness (QED) is 0.0687. The van der Waals surface area contributed by atoms with E-state index in [0.717, 1.165) is 31.6 Å². The van der Waals surface area contributed by atoms with Gasteiger partial charge in [0.15, 0.2) is 11.8 Å². The second-order valence-electron chi connectivity index (χ2n) is 9.25. The molecule has 0 bridgehead atoms. The fourth-order valence-electron chi connectivity index (χ4n) is 4.25. The van der Waals surface area contributed by atoms with E-state index < -0.39 is 36.8 Å². The molecule has 0 atom stereocenters. The van der Waals surface area contributed by atoms with Gasteiger partial charge in [0.25, 0.3) is 5.91 Å². The van der Waals surface area contributed by atoms with Gasteiger partial charge in [-0.25, -0.2) is 19.7 Å². The summed E-state index contributed by atoms with van der Waals surface area (Å²) in [4.78, 5) is 22.3. The first kappa shape index (κ1) is 40.0. The Bertz CT molecular complexity index is 1280. The standard InChI is InChI=1S/C19H24F2N6O2.C6H8F3O2.CH3.Cs/c1-19(20,21)9-11-6-14(18(23)28)27-5-4-10-7-15(29-3)13(8-12(10)16(11)27)17(22)25-26(2)24;1-4(5(10)11-2)3-6(7,8)9;;/h6-8H,4-5,9,24H2,1-3H3,(H2,22,25)(H2,23,28);3H2,1-2H3;1H3;/q;2*-1;+1. The van der Waals surface area contributed by atoms with E-state index in [0.29, 0.717) is 41.1 Å². The molecule has 10 nitrogen and oxygen atoms in total. The second-order valence-corrected chi connectivity index (χ2v) is 9.25. The van der Waals surface area contributed by atoms with E-state index in [2.05, 4.69) is 9.84 Å². The first-order valence-corrected chi connectivity index (χ1v) is 11.8. The number of hydrogen-bond acceptors (Lipinski definition) is 7. The van der Waals surface area contributed by atoms with Crippen LogP contribution >= 0.6 is 0 Å². The third kappa shape index (κ3) is 11.0. The molecule has 1 aromatic carbocycles. The average molecular weight is 723 g/mol. The normalized spacial score (nSPS) is 12.3. The van der Waals surface area contributed by atoms with Crippen LogP contribution in [-0.2, 0) is 28.9 Å². The van der Waals surface area contributed by atoms with E-state index in [1.165, 1.54) is 20.2 Å². The van der Waals surface area contributed by atoms with Crippen LogP contribution in [0.3, 0.4) is 0 Å². The minimum Gasteiger partial charge on any atom is -0.496 e. The second kappa shape index (κ2) is 16.2. The summed E-state index contributed by atoms with van der Waals surface area (Å²) in [6.45, 7) is 2.37. The molecular weight excluding hydrogens is 688 g/mol. The van der Waals surface area contributed by atoms with Crippen molar-refractivity contribution in [3.05, 3.63) is 53.9 Å². The van der Waals surface area contributed by atoms with Gasteiger partial charge in [0.05, 0.1) is 25.5 Å². The number of benzene rings is 1. The Morgan fingerprint density at radius 1 is 1.14 bits per heavy atom. The van der Waals surface area contributed by atoms with Gasteiger partial charge in [0.1, 0.15) is 11.4 Å². The number of aromatic nitrogens is 1. The molecule has 0 unspecified atom stereocenters. The van der Waals surface area contributed by atoms with Gasteiger partial charge in [-0.2, -0.15) is 20.1 Å². The number of hydrazine groups is 1. The number of carbonyl (C=O) groups is 2. The van der Waals surface area contributed by atoms with Gasteiger partial charge in [-0.1, -0.05) is 6.42 Å². The van der Waals surface area contributed by atoms with Gasteiger partial charge in [0.2, 0.25) is 5.92 Å². The fraction of sp³-hybridized carbons (Fsp3) is 0.423. The number of nitrogens with two attached hydrogens (primary N) is 3. The molecule has 0 radical (unpaired) electrons. The van der Waals surface area contributed by atoms with Gasteiger partial charge in [-0.15, -0.1) is 5.10 Å². The maximum Gasteiger partial charge on any atom is 1.00 e. The van der Waals surface area contributed by atoms with Crippen molar-refractivity contribution in [2.24, 2.45) is 22.4 Å². The van der Waals surface area contributed by atoms with Crippen molar-refractivity contribution in [3.63, 3.8) is 0 Å². The first-order valence-electron chi connectivity index (χ1n) is 11.8. The number of nitrogens with zero attached hydrogens (tertiary/aromatic N) is 3. The number of amides is 1. The number of ether oxygens (including phenoxy) is 2. The van der Waals surface area contributed by atoms with Crippen LogP contribution in [0.5, 0.6) is 5.75 Å². The van der Waals surface area contributed by atoms with E-state index in [1.54, 1.807) is 16.7 Å². The first-order chi connectivity index (χ1) is 18.4. The van der Waals surface area contributed by atoms with E-state index in [9.17, 15) is 31.5 Å². The molecule has 2 aromatic rings. The van der Waals surface area contributed by atoms with E-state index in [4.69, 9.17) is 22.0 Å². The molecule has 42 heavy (non-hydrogen) atoms. The molecule has 0 saturated carbocycles. The Morgan fingerprint density at radius 3 is 2.19 bits per heavy atom. The summed E-state index contributed by atoms with van der Waals surface area (Å²) in [5.41, 5.74) is 14.7. The number of methoxy groups -OCH3 is 2. The molecule has 0 saturated heterocycles. The van der Waals surface area contributed by atoms with Crippen molar-refractivity contribution in [3.8, 4) is 17.0 Å². The summed E-state index contributed by atoms with van der Waals surface area (Å²) >= 11 is 0. The number of halogens is 5. The number of rotatable bonds is 8. The molecule has 2 heterocycles. The molecule has 0 aliphatic carbocycles. The molecular formula is C26H35CsF5N6O4-. The number of hydrogen-bond donors (Lipinski definition) is 3. The number of esters is 1. The predicted molar refractivity (Wildman–Crippen MR) is 144 cm³/mol. The van der Waals surface area contributed by atoms with Crippen molar-refractivity contribution in [1.82, 2.24) is 9.69 Å². The molecule has 16 heteroatoms. The molecule has 1 aromatic heterocycles. The molecule has 0 spiro atoms. The zero-order chi connectivity index (χ0) is 30.6. The third-order valence-corrected chi connectivity index (χ3v) is 5.76. The number of primary amides is 1. The van der Waals surface area contributed by atoms with Crippen LogP contribution in [0.15, 0.2) is 23.3 Å². The molecule has 0 fully saturated rings. The summed E-state index contributed by atoms with van der Waals surface area (Å²) in [5, 5.41) is 5.06.